The van der Waals surface area contributed by atoms with E-state index in [1.165, 1.54) is 0 Å². The Labute approximate surface area is 317 Å². The molecule has 0 aliphatic heterocycles. The summed E-state index contributed by atoms with van der Waals surface area (Å²) in [5.74, 6) is 0. The van der Waals surface area contributed by atoms with Gasteiger partial charge in [-0.3, -0.25) is 9.13 Å². The molecular formula is H3K4NaO13P4. The Morgan fingerprint density at radius 2 is 0.773 bits per heavy atom. The standard InChI is InChI=1S/4K.Na.H4O7P2.H4O6P2/c;;;;;1-8(2,3)7-9(4,5)6;1-7(2,3)8(4,5)6/h;;;;;(H2,1,2,3)(H2,4,5,6);(H2,1,2,3)(H2,4,5,6)/q5*+1;;/p-5. The molecule has 0 fully saturated rings. The predicted octanol–water partition coefficient (Wildman–Crippen LogP) is -19.7. The maximum absolute atomic E-state index is 9.52. The van der Waals surface area contributed by atoms with Crippen LogP contribution in [0.2, 0.25) is 0 Å². The van der Waals surface area contributed by atoms with Gasteiger partial charge in [0.05, 0.1) is 15.6 Å². The zero-order valence-electron chi connectivity index (χ0n) is 12.2. The molecular weight excluding hydrogens is 511 g/mol. The van der Waals surface area contributed by atoms with Crippen LogP contribution in [0.5, 0.6) is 0 Å². The molecule has 0 saturated heterocycles. The SMILES string of the molecule is O=P([O-])(O)P(=O)(O)O.O=P([O-])([O-])OP(=O)([O-])[O-].[K+].[K+].[K+].[K+].[Na+]. The first-order valence-corrected chi connectivity index (χ1v) is 9.62. The quantitative estimate of drug-likeness (QED) is 0.234. The van der Waals surface area contributed by atoms with E-state index in [9.17, 15) is 42.7 Å². The second kappa shape index (κ2) is 21.0. The number of phosphoric acid groups is 2. The molecule has 0 aromatic heterocycles. The van der Waals surface area contributed by atoms with E-state index in [4.69, 9.17) is 14.7 Å². The summed E-state index contributed by atoms with van der Waals surface area (Å²) in [6.45, 7) is 0. The van der Waals surface area contributed by atoms with Crippen LogP contribution in [0.1, 0.15) is 0 Å². The number of hydrogen-bond acceptors (Lipinski definition) is 10. The molecule has 22 heavy (non-hydrogen) atoms. The Bertz CT molecular complexity index is 385. The van der Waals surface area contributed by atoms with Gasteiger partial charge in [-0.05, 0) is 0 Å². The van der Waals surface area contributed by atoms with E-state index in [1.807, 2.05) is 0 Å². The third-order valence-corrected chi connectivity index (χ3v) is 4.76. The summed E-state index contributed by atoms with van der Waals surface area (Å²) >= 11 is 0. The molecule has 1 atom stereocenters. The molecule has 0 saturated carbocycles. The van der Waals surface area contributed by atoms with Crippen molar-refractivity contribution in [3.63, 3.8) is 0 Å². The average molecular weight is 514 g/mol. The summed E-state index contributed by atoms with van der Waals surface area (Å²) in [6.07, 6.45) is 0. The number of hydrogen-bond donors (Lipinski definition) is 3. The normalized spacial score (nSPS) is 12.9. The maximum atomic E-state index is 9.52. The zero-order valence-corrected chi connectivity index (χ0v) is 30.3. The van der Waals surface area contributed by atoms with Crippen LogP contribution in [-0.2, 0) is 22.6 Å². The summed E-state index contributed by atoms with van der Waals surface area (Å²) in [4.78, 5) is 69.6. The Hall–Kier alpha value is 8.11. The first-order chi connectivity index (χ1) is 6.96. The van der Waals surface area contributed by atoms with Crippen LogP contribution < -0.4 is 260 Å². The maximum Gasteiger partial charge on any atom is 1.00 e. The smallest absolute Gasteiger partial charge is 0.790 e. The summed E-state index contributed by atoms with van der Waals surface area (Å²) in [7, 11) is -22.1. The van der Waals surface area contributed by atoms with Crippen LogP contribution in [0.25, 0.3) is 0 Å². The van der Waals surface area contributed by atoms with Crippen molar-refractivity contribution in [3.8, 4) is 0 Å². The van der Waals surface area contributed by atoms with Crippen molar-refractivity contribution in [2.75, 3.05) is 0 Å². The van der Waals surface area contributed by atoms with Crippen LogP contribution in [0, 0.1) is 0 Å². The van der Waals surface area contributed by atoms with Gasteiger partial charge in [0.25, 0.3) is 0 Å². The van der Waals surface area contributed by atoms with E-state index >= 15 is 0 Å². The van der Waals surface area contributed by atoms with E-state index in [0.29, 0.717) is 0 Å². The van der Waals surface area contributed by atoms with Gasteiger partial charge in [0, 0.05) is 0 Å². The monoisotopic (exact) mass is 514 g/mol. The Balaban J connectivity index is -0.0000000335. The fourth-order valence-electron chi connectivity index (χ4n) is 0.122. The molecule has 0 radical (unpaired) electrons. The zero-order chi connectivity index (χ0) is 14.7. The van der Waals surface area contributed by atoms with Gasteiger partial charge in [0.1, 0.15) is 0 Å². The minimum Gasteiger partial charge on any atom is -0.790 e. The summed E-state index contributed by atoms with van der Waals surface area (Å²) in [5.41, 5.74) is 0. The third kappa shape index (κ3) is 38.7. The van der Waals surface area contributed by atoms with Crippen LogP contribution in [0.3, 0.4) is 0 Å². The summed E-state index contributed by atoms with van der Waals surface area (Å²) in [5, 5.41) is 0. The van der Waals surface area contributed by atoms with Crippen molar-refractivity contribution in [1.29, 1.82) is 0 Å². The molecule has 0 rings (SSSR count). The van der Waals surface area contributed by atoms with Gasteiger partial charge in [-0.15, -0.1) is 0 Å². The van der Waals surface area contributed by atoms with Crippen LogP contribution in [-0.4, -0.2) is 14.7 Å². The second-order valence-electron chi connectivity index (χ2n) is 1.98. The molecule has 0 aliphatic rings. The summed E-state index contributed by atoms with van der Waals surface area (Å²) in [6, 6.07) is 0. The molecule has 0 aromatic carbocycles. The minimum atomic E-state index is -5.68. The van der Waals surface area contributed by atoms with Crippen molar-refractivity contribution in [1.82, 2.24) is 0 Å². The molecule has 0 bridgehead atoms. The Morgan fingerprint density at radius 3 is 0.773 bits per heavy atom. The number of rotatable bonds is 3. The molecule has 13 nitrogen and oxygen atoms in total. The van der Waals surface area contributed by atoms with E-state index in [-0.39, 0.29) is 235 Å². The van der Waals surface area contributed by atoms with Gasteiger partial charge < -0.3 is 52.6 Å². The second-order valence-corrected chi connectivity index (χ2v) is 9.51. The van der Waals surface area contributed by atoms with Crippen molar-refractivity contribution in [3.05, 3.63) is 0 Å². The molecule has 22 heteroatoms. The van der Waals surface area contributed by atoms with Crippen LogP contribution >= 0.6 is 30.2 Å². The molecule has 3 N–H and O–H groups in total. The first-order valence-electron chi connectivity index (χ1n) is 2.81. The largest absolute Gasteiger partial charge is 1.00 e. The van der Waals surface area contributed by atoms with Gasteiger partial charge in [-0.25, -0.2) is 0 Å². The van der Waals surface area contributed by atoms with E-state index in [0.717, 1.165) is 0 Å². The van der Waals surface area contributed by atoms with E-state index in [2.05, 4.69) is 4.31 Å². The Kier molecular flexibility index (Phi) is 45.6. The van der Waals surface area contributed by atoms with Crippen molar-refractivity contribution in [2.45, 2.75) is 0 Å². The predicted molar refractivity (Wildman–Crippen MR) is 38.2 cm³/mol. The summed E-state index contributed by atoms with van der Waals surface area (Å²) < 4.78 is 40.2. The molecule has 0 heterocycles. The van der Waals surface area contributed by atoms with E-state index in [1.54, 1.807) is 0 Å². The van der Waals surface area contributed by atoms with Crippen LogP contribution in [0.4, 0.5) is 0 Å². The topological polar surface area (TPSA) is 254 Å². The van der Waals surface area contributed by atoms with E-state index < -0.39 is 30.2 Å². The molecule has 0 amide bonds. The fourth-order valence-corrected chi connectivity index (χ4v) is 1.10. The Morgan fingerprint density at radius 1 is 0.636 bits per heavy atom. The van der Waals surface area contributed by atoms with Crippen molar-refractivity contribution in [2.24, 2.45) is 0 Å². The van der Waals surface area contributed by atoms with Gasteiger partial charge in [0.15, 0.2) is 0 Å². The van der Waals surface area contributed by atoms with Crippen molar-refractivity contribution < 1.29 is 297 Å². The van der Waals surface area contributed by atoms with Crippen LogP contribution in [0.15, 0.2) is 0 Å². The van der Waals surface area contributed by atoms with Crippen molar-refractivity contribution >= 4 is 30.2 Å². The van der Waals surface area contributed by atoms with Gasteiger partial charge in [-0.1, -0.05) is 0 Å². The molecule has 0 aliphatic carbocycles. The van der Waals surface area contributed by atoms with Gasteiger partial charge >= 0.3 is 242 Å². The van der Waals surface area contributed by atoms with Gasteiger partial charge in [-0.2, -0.15) is 0 Å². The van der Waals surface area contributed by atoms with Gasteiger partial charge in [0.2, 0.25) is 7.28 Å². The average Bonchev–Trinajstić information content (AvgIpc) is 1.71. The molecule has 0 aromatic rings. The fraction of sp³-hybridized carbons (Fsp3) is 0. The first kappa shape index (κ1) is 47.8. The molecule has 0 spiro atoms. The molecule has 1 unspecified atom stereocenters. The minimum absolute atomic E-state index is 0. The third-order valence-electron chi connectivity index (χ3n) is 0.529. The molecule has 106 valence electrons.